The molecule has 0 aliphatic carbocycles. The molecule has 5 nitrogen and oxygen atoms in total. The van der Waals surface area contributed by atoms with E-state index in [0.717, 1.165) is 16.9 Å². The Kier molecular flexibility index (Phi) is 4.18. The number of aromatic nitrogens is 1. The van der Waals surface area contributed by atoms with Gasteiger partial charge >= 0.3 is 5.97 Å². The molecule has 1 heterocycles. The molecule has 0 bridgehead atoms. The molecule has 0 saturated heterocycles. The van der Waals surface area contributed by atoms with Gasteiger partial charge in [0.25, 0.3) is 0 Å². The number of carboxylic acids is 1. The zero-order chi connectivity index (χ0) is 13.7. The van der Waals surface area contributed by atoms with Crippen LogP contribution in [0.2, 0.25) is 0 Å². The lowest BCUT2D eigenvalue weighted by Crippen LogP contribution is -2.18. The third-order valence-corrected chi connectivity index (χ3v) is 2.96. The van der Waals surface area contributed by atoms with Crippen LogP contribution in [-0.4, -0.2) is 23.3 Å². The molecular formula is C14H15NO4. The smallest absolute Gasteiger partial charge is 0.307 e. The van der Waals surface area contributed by atoms with Crippen molar-refractivity contribution in [2.24, 2.45) is 5.92 Å². The van der Waals surface area contributed by atoms with Gasteiger partial charge in [-0.1, -0.05) is 17.3 Å². The van der Waals surface area contributed by atoms with Crippen LogP contribution >= 0.6 is 0 Å². The fraction of sp³-hybridized carbons (Fsp3) is 0.286. The van der Waals surface area contributed by atoms with Crippen molar-refractivity contribution in [3.63, 3.8) is 0 Å². The Morgan fingerprint density at radius 2 is 2.00 bits per heavy atom. The standard InChI is InChI=1S/C14H15NO4/c1-18-13-4-2-10(3-5-13)6-12(14(16)17)7-11-8-15-19-9-11/h2-5,8-9,12H,6-7H2,1H3,(H,16,17). The van der Waals surface area contributed by atoms with E-state index in [-0.39, 0.29) is 0 Å². The minimum atomic E-state index is -0.822. The van der Waals surface area contributed by atoms with E-state index in [1.807, 2.05) is 24.3 Å². The van der Waals surface area contributed by atoms with Crippen molar-refractivity contribution in [1.82, 2.24) is 5.16 Å². The molecule has 0 aliphatic heterocycles. The summed E-state index contributed by atoms with van der Waals surface area (Å²) in [7, 11) is 1.60. The first-order chi connectivity index (χ1) is 9.19. The lowest BCUT2D eigenvalue weighted by molar-refractivity contribution is -0.141. The fourth-order valence-electron chi connectivity index (χ4n) is 1.90. The monoisotopic (exact) mass is 261 g/mol. The zero-order valence-electron chi connectivity index (χ0n) is 10.6. The second-order valence-corrected chi connectivity index (χ2v) is 4.32. The van der Waals surface area contributed by atoms with Crippen LogP contribution in [0.3, 0.4) is 0 Å². The van der Waals surface area contributed by atoms with Crippen molar-refractivity contribution >= 4 is 5.97 Å². The van der Waals surface area contributed by atoms with Gasteiger partial charge < -0.3 is 14.4 Å². The van der Waals surface area contributed by atoms with E-state index in [4.69, 9.17) is 9.26 Å². The molecule has 1 aromatic heterocycles. The van der Waals surface area contributed by atoms with Crippen molar-refractivity contribution in [2.45, 2.75) is 12.8 Å². The van der Waals surface area contributed by atoms with Gasteiger partial charge in [0, 0.05) is 5.56 Å². The molecule has 0 radical (unpaired) electrons. The number of carboxylic acid groups (broad SMARTS) is 1. The van der Waals surface area contributed by atoms with E-state index in [1.54, 1.807) is 13.3 Å². The van der Waals surface area contributed by atoms with E-state index in [9.17, 15) is 9.90 Å². The Morgan fingerprint density at radius 1 is 1.32 bits per heavy atom. The number of benzene rings is 1. The fourth-order valence-corrected chi connectivity index (χ4v) is 1.90. The Balaban J connectivity index is 2.05. The summed E-state index contributed by atoms with van der Waals surface area (Å²) in [5.74, 6) is -0.556. The summed E-state index contributed by atoms with van der Waals surface area (Å²) in [4.78, 5) is 11.3. The number of rotatable bonds is 6. The first-order valence-electron chi connectivity index (χ1n) is 5.93. The Bertz CT molecular complexity index is 519. The Morgan fingerprint density at radius 3 is 2.53 bits per heavy atom. The summed E-state index contributed by atoms with van der Waals surface area (Å²) in [5, 5.41) is 12.8. The van der Waals surface area contributed by atoms with Gasteiger partial charge in [-0.15, -0.1) is 0 Å². The van der Waals surface area contributed by atoms with Gasteiger partial charge in [0.15, 0.2) is 0 Å². The van der Waals surface area contributed by atoms with Crippen molar-refractivity contribution < 1.29 is 19.2 Å². The van der Waals surface area contributed by atoms with Crippen LogP contribution in [-0.2, 0) is 17.6 Å². The summed E-state index contributed by atoms with van der Waals surface area (Å²) in [6.07, 6.45) is 3.89. The first-order valence-corrected chi connectivity index (χ1v) is 5.93. The average molecular weight is 261 g/mol. The van der Waals surface area contributed by atoms with Crippen LogP contribution in [0, 0.1) is 5.92 Å². The molecule has 0 aliphatic rings. The highest BCUT2D eigenvalue weighted by molar-refractivity contribution is 5.70. The maximum Gasteiger partial charge on any atom is 0.307 e. The highest BCUT2D eigenvalue weighted by Crippen LogP contribution is 2.17. The zero-order valence-corrected chi connectivity index (χ0v) is 10.6. The van der Waals surface area contributed by atoms with Crippen LogP contribution in [0.4, 0.5) is 0 Å². The Hall–Kier alpha value is -2.30. The van der Waals surface area contributed by atoms with Crippen LogP contribution in [0.25, 0.3) is 0 Å². The van der Waals surface area contributed by atoms with E-state index in [1.165, 1.54) is 6.26 Å². The summed E-state index contributed by atoms with van der Waals surface area (Å²) < 4.78 is 9.79. The van der Waals surface area contributed by atoms with Gasteiger partial charge in [-0.2, -0.15) is 0 Å². The van der Waals surface area contributed by atoms with Gasteiger partial charge in [0.2, 0.25) is 0 Å². The lowest BCUT2D eigenvalue weighted by Gasteiger charge is -2.11. The van der Waals surface area contributed by atoms with Crippen LogP contribution < -0.4 is 4.74 Å². The summed E-state index contributed by atoms with van der Waals surface area (Å²) in [5.41, 5.74) is 1.76. The van der Waals surface area contributed by atoms with Crippen molar-refractivity contribution in [1.29, 1.82) is 0 Å². The number of hydrogen-bond acceptors (Lipinski definition) is 4. The topological polar surface area (TPSA) is 72.6 Å². The Labute approximate surface area is 110 Å². The van der Waals surface area contributed by atoms with Crippen LogP contribution in [0.15, 0.2) is 41.2 Å². The number of carbonyl (C=O) groups is 1. The molecule has 0 amide bonds. The number of methoxy groups -OCH3 is 1. The third kappa shape index (κ3) is 3.58. The van der Waals surface area contributed by atoms with E-state index >= 15 is 0 Å². The predicted octanol–water partition coefficient (Wildman–Crippen LogP) is 2.17. The highest BCUT2D eigenvalue weighted by atomic mass is 16.5. The van der Waals surface area contributed by atoms with Crippen LogP contribution in [0.5, 0.6) is 5.75 Å². The third-order valence-electron chi connectivity index (χ3n) is 2.96. The summed E-state index contributed by atoms with van der Waals surface area (Å²) >= 11 is 0. The molecule has 1 aromatic carbocycles. The second-order valence-electron chi connectivity index (χ2n) is 4.32. The number of ether oxygens (including phenoxy) is 1. The predicted molar refractivity (Wildman–Crippen MR) is 68.0 cm³/mol. The molecule has 0 saturated carbocycles. The molecule has 1 unspecified atom stereocenters. The maximum atomic E-state index is 11.3. The lowest BCUT2D eigenvalue weighted by atomic mass is 9.94. The van der Waals surface area contributed by atoms with Gasteiger partial charge in [0.1, 0.15) is 12.0 Å². The molecule has 5 heteroatoms. The molecule has 2 aromatic rings. The first kappa shape index (κ1) is 13.1. The molecule has 19 heavy (non-hydrogen) atoms. The van der Waals surface area contributed by atoms with E-state index in [0.29, 0.717) is 12.8 Å². The summed E-state index contributed by atoms with van der Waals surface area (Å²) in [6, 6.07) is 7.41. The number of nitrogens with zero attached hydrogens (tertiary/aromatic N) is 1. The largest absolute Gasteiger partial charge is 0.497 e. The quantitative estimate of drug-likeness (QED) is 0.862. The summed E-state index contributed by atoms with van der Waals surface area (Å²) in [6.45, 7) is 0. The second kappa shape index (κ2) is 6.04. The number of aliphatic carboxylic acids is 1. The minimum absolute atomic E-state index is 0.408. The van der Waals surface area contributed by atoms with Gasteiger partial charge in [0.05, 0.1) is 19.2 Å². The molecular weight excluding hydrogens is 246 g/mol. The highest BCUT2D eigenvalue weighted by Gasteiger charge is 2.19. The molecule has 1 N–H and O–H groups in total. The van der Waals surface area contributed by atoms with Crippen molar-refractivity contribution in [3.8, 4) is 5.75 Å². The van der Waals surface area contributed by atoms with Gasteiger partial charge in [-0.25, -0.2) is 0 Å². The van der Waals surface area contributed by atoms with Crippen molar-refractivity contribution in [2.75, 3.05) is 7.11 Å². The molecule has 1 atom stereocenters. The number of hydrogen-bond donors (Lipinski definition) is 1. The SMILES string of the molecule is COc1ccc(CC(Cc2cnoc2)C(=O)O)cc1. The van der Waals surface area contributed by atoms with Gasteiger partial charge in [-0.3, -0.25) is 4.79 Å². The normalized spacial score (nSPS) is 12.1. The average Bonchev–Trinajstić information content (AvgIpc) is 2.91. The molecule has 0 spiro atoms. The van der Waals surface area contributed by atoms with Gasteiger partial charge in [-0.05, 0) is 30.5 Å². The van der Waals surface area contributed by atoms with E-state index in [2.05, 4.69) is 5.16 Å². The van der Waals surface area contributed by atoms with Crippen molar-refractivity contribution in [3.05, 3.63) is 47.9 Å². The van der Waals surface area contributed by atoms with E-state index < -0.39 is 11.9 Å². The molecule has 0 fully saturated rings. The van der Waals surface area contributed by atoms with Crippen LogP contribution in [0.1, 0.15) is 11.1 Å². The molecule has 100 valence electrons. The molecule has 2 rings (SSSR count). The minimum Gasteiger partial charge on any atom is -0.497 e. The maximum absolute atomic E-state index is 11.3.